The van der Waals surface area contributed by atoms with Crippen molar-refractivity contribution in [3.63, 3.8) is 0 Å². The van der Waals surface area contributed by atoms with Crippen LogP contribution in [-0.2, 0) is 21.2 Å². The lowest BCUT2D eigenvalue weighted by molar-refractivity contribution is -0.136. The van der Waals surface area contributed by atoms with E-state index in [4.69, 9.17) is 0 Å². The van der Waals surface area contributed by atoms with Gasteiger partial charge in [0.25, 0.3) is 5.56 Å². The number of hydrogen-bond donors (Lipinski definition) is 0. The van der Waals surface area contributed by atoms with E-state index in [9.17, 15) is 18.0 Å². The quantitative estimate of drug-likeness (QED) is 0.788. The summed E-state index contributed by atoms with van der Waals surface area (Å²) in [6.07, 6.45) is 5.93. The van der Waals surface area contributed by atoms with Gasteiger partial charge in [-0.05, 0) is 25.3 Å². The van der Waals surface area contributed by atoms with Crippen LogP contribution in [0.5, 0.6) is 0 Å². The molecule has 8 heteroatoms. The molecule has 7 nitrogen and oxygen atoms in total. The van der Waals surface area contributed by atoms with Gasteiger partial charge in [0.15, 0.2) is 9.84 Å². The van der Waals surface area contributed by atoms with E-state index in [2.05, 4.69) is 5.10 Å². The van der Waals surface area contributed by atoms with Gasteiger partial charge in [-0.2, -0.15) is 5.10 Å². The Bertz CT molecular complexity index is 1020. The van der Waals surface area contributed by atoms with Crippen LogP contribution < -0.4 is 5.56 Å². The van der Waals surface area contributed by atoms with Crippen molar-refractivity contribution in [3.05, 3.63) is 40.8 Å². The number of benzene rings is 1. The van der Waals surface area contributed by atoms with Crippen LogP contribution in [0.2, 0.25) is 0 Å². The van der Waals surface area contributed by atoms with Gasteiger partial charge in [0.1, 0.15) is 6.54 Å². The summed E-state index contributed by atoms with van der Waals surface area (Å²) in [4.78, 5) is 27.5. The molecule has 1 aromatic carbocycles. The van der Waals surface area contributed by atoms with Crippen molar-refractivity contribution >= 4 is 26.5 Å². The highest BCUT2D eigenvalue weighted by atomic mass is 32.2. The molecular weight excluding hydrogens is 366 g/mol. The highest BCUT2D eigenvalue weighted by Crippen LogP contribution is 2.29. The van der Waals surface area contributed by atoms with Crippen LogP contribution in [0.15, 0.2) is 35.3 Å². The molecule has 1 saturated carbocycles. The molecule has 1 aliphatic heterocycles. The van der Waals surface area contributed by atoms with Crippen LogP contribution >= 0.6 is 0 Å². The number of aromatic nitrogens is 2. The summed E-state index contributed by atoms with van der Waals surface area (Å²) in [5, 5.41) is 5.41. The van der Waals surface area contributed by atoms with Crippen LogP contribution in [0.1, 0.15) is 32.1 Å². The maximum absolute atomic E-state index is 13.1. The van der Waals surface area contributed by atoms with Gasteiger partial charge in [-0.3, -0.25) is 9.59 Å². The Balaban J connectivity index is 1.62. The number of carbonyl (C=O) groups is 1. The normalized spacial score (nSPS) is 22.3. The van der Waals surface area contributed by atoms with Crippen molar-refractivity contribution in [2.24, 2.45) is 0 Å². The molecular formula is C19H23N3O4S. The second kappa shape index (κ2) is 7.07. The highest BCUT2D eigenvalue weighted by molar-refractivity contribution is 7.91. The van der Waals surface area contributed by atoms with Gasteiger partial charge in [0.05, 0.1) is 23.1 Å². The first-order valence-electron chi connectivity index (χ1n) is 9.41. The number of rotatable bonds is 4. The summed E-state index contributed by atoms with van der Waals surface area (Å²) >= 11 is 0. The summed E-state index contributed by atoms with van der Waals surface area (Å²) in [5.41, 5.74) is -0.299. The van der Waals surface area contributed by atoms with Crippen molar-refractivity contribution < 1.29 is 13.2 Å². The van der Waals surface area contributed by atoms with E-state index in [1.165, 1.54) is 4.68 Å². The highest BCUT2D eigenvalue weighted by Gasteiger charge is 2.39. The molecule has 2 heterocycles. The number of carbonyl (C=O) groups excluding carboxylic acids is 1. The van der Waals surface area contributed by atoms with Gasteiger partial charge in [-0.1, -0.05) is 31.0 Å². The van der Waals surface area contributed by atoms with Crippen LogP contribution in [0.3, 0.4) is 0 Å². The Morgan fingerprint density at radius 3 is 2.59 bits per heavy atom. The Hall–Kier alpha value is -2.22. The van der Waals surface area contributed by atoms with E-state index in [0.29, 0.717) is 11.8 Å². The Labute approximate surface area is 157 Å². The van der Waals surface area contributed by atoms with E-state index in [1.54, 1.807) is 23.2 Å². The molecule has 0 bridgehead atoms. The van der Waals surface area contributed by atoms with Crippen LogP contribution in [0, 0.1) is 0 Å². The first-order valence-corrected chi connectivity index (χ1v) is 11.2. The summed E-state index contributed by atoms with van der Waals surface area (Å²) in [6.45, 7) is -0.156. The van der Waals surface area contributed by atoms with Crippen molar-refractivity contribution in [3.8, 4) is 0 Å². The predicted octanol–water partition coefficient (Wildman–Crippen LogP) is 1.35. The van der Waals surface area contributed by atoms with Crippen molar-refractivity contribution in [1.82, 2.24) is 14.7 Å². The second-order valence-corrected chi connectivity index (χ2v) is 9.72. The average Bonchev–Trinajstić information content (AvgIpc) is 3.28. The molecule has 2 aliphatic rings. The summed E-state index contributed by atoms with van der Waals surface area (Å²) in [7, 11) is -3.09. The fourth-order valence-corrected chi connectivity index (χ4v) is 6.04. The molecule has 1 aliphatic carbocycles. The summed E-state index contributed by atoms with van der Waals surface area (Å²) in [5.74, 6) is -0.0636. The fraction of sp³-hybridized carbons (Fsp3) is 0.526. The fourth-order valence-electron chi connectivity index (χ4n) is 4.33. The molecule has 0 spiro atoms. The Morgan fingerprint density at radius 2 is 1.89 bits per heavy atom. The minimum Gasteiger partial charge on any atom is -0.334 e. The number of fused-ring (bicyclic) bond motifs is 1. The number of sulfone groups is 1. The molecule has 4 rings (SSSR count). The summed E-state index contributed by atoms with van der Waals surface area (Å²) < 4.78 is 25.1. The van der Waals surface area contributed by atoms with Crippen molar-refractivity contribution in [2.75, 3.05) is 11.5 Å². The molecule has 0 radical (unpaired) electrons. The molecule has 2 fully saturated rings. The zero-order chi connectivity index (χ0) is 19.0. The van der Waals surface area contributed by atoms with Crippen molar-refractivity contribution in [2.45, 2.75) is 50.7 Å². The summed E-state index contributed by atoms with van der Waals surface area (Å²) in [6, 6.07) is 6.92. The lowest BCUT2D eigenvalue weighted by atomic mass is 10.1. The molecule has 27 heavy (non-hydrogen) atoms. The van der Waals surface area contributed by atoms with Gasteiger partial charge in [-0.15, -0.1) is 0 Å². The number of hydrogen-bond acceptors (Lipinski definition) is 5. The molecule has 1 amide bonds. The third-order valence-corrected chi connectivity index (χ3v) is 7.41. The Kier molecular flexibility index (Phi) is 4.75. The monoisotopic (exact) mass is 389 g/mol. The number of amides is 1. The molecule has 1 atom stereocenters. The molecule has 1 saturated heterocycles. The molecule has 0 N–H and O–H groups in total. The van der Waals surface area contributed by atoms with Gasteiger partial charge in [0, 0.05) is 17.5 Å². The van der Waals surface area contributed by atoms with Gasteiger partial charge >= 0.3 is 0 Å². The van der Waals surface area contributed by atoms with Crippen molar-refractivity contribution in [1.29, 1.82) is 0 Å². The zero-order valence-electron chi connectivity index (χ0n) is 15.1. The third kappa shape index (κ3) is 3.63. The predicted molar refractivity (Wildman–Crippen MR) is 102 cm³/mol. The van der Waals surface area contributed by atoms with E-state index in [-0.39, 0.29) is 41.6 Å². The van der Waals surface area contributed by atoms with Crippen LogP contribution in [-0.4, -0.2) is 52.6 Å². The van der Waals surface area contributed by atoms with Gasteiger partial charge < -0.3 is 4.90 Å². The van der Waals surface area contributed by atoms with E-state index in [1.807, 2.05) is 12.1 Å². The second-order valence-electron chi connectivity index (χ2n) is 7.49. The van der Waals surface area contributed by atoms with E-state index >= 15 is 0 Å². The topological polar surface area (TPSA) is 89.3 Å². The maximum Gasteiger partial charge on any atom is 0.275 e. The van der Waals surface area contributed by atoms with Gasteiger partial charge in [-0.25, -0.2) is 13.1 Å². The van der Waals surface area contributed by atoms with E-state index < -0.39 is 9.84 Å². The standard InChI is InChI=1S/C19H23N3O4S/c23-18(12-21-19(24)17-8-4-1-5-14(17)11-20-21)22(15-6-2-3-7-15)16-9-10-27(25,26)13-16/h1,4-5,8,11,15-16H,2-3,6-7,9-10,12-13H2. The molecule has 1 unspecified atom stereocenters. The lowest BCUT2D eigenvalue weighted by Crippen LogP contribution is -2.49. The number of nitrogens with zero attached hydrogens (tertiary/aromatic N) is 3. The minimum atomic E-state index is -3.09. The first kappa shape index (κ1) is 18.2. The van der Waals surface area contributed by atoms with Gasteiger partial charge in [0.2, 0.25) is 5.91 Å². The minimum absolute atomic E-state index is 0.0231. The van der Waals surface area contributed by atoms with E-state index in [0.717, 1.165) is 31.1 Å². The van der Waals surface area contributed by atoms with Crippen LogP contribution in [0.4, 0.5) is 0 Å². The average molecular weight is 389 g/mol. The molecule has 144 valence electrons. The largest absolute Gasteiger partial charge is 0.334 e. The lowest BCUT2D eigenvalue weighted by Gasteiger charge is -2.34. The molecule has 2 aromatic rings. The third-order valence-electron chi connectivity index (χ3n) is 5.65. The zero-order valence-corrected chi connectivity index (χ0v) is 15.9. The Morgan fingerprint density at radius 1 is 1.15 bits per heavy atom. The smallest absolute Gasteiger partial charge is 0.275 e. The molecule has 1 aromatic heterocycles. The maximum atomic E-state index is 13.1. The van der Waals surface area contributed by atoms with Crippen LogP contribution in [0.25, 0.3) is 10.8 Å². The first-order chi connectivity index (χ1) is 12.9. The SMILES string of the molecule is O=C(Cn1ncc2ccccc2c1=O)N(C1CCCC1)C1CCS(=O)(=O)C1.